The van der Waals surface area contributed by atoms with Crippen LogP contribution >= 0.6 is 0 Å². The van der Waals surface area contributed by atoms with Gasteiger partial charge in [-0.1, -0.05) is 6.07 Å². The number of imidazole rings is 1. The van der Waals surface area contributed by atoms with Crippen LogP contribution < -0.4 is 4.74 Å². The molecule has 0 radical (unpaired) electrons. The second-order valence-corrected chi connectivity index (χ2v) is 4.70. The predicted octanol–water partition coefficient (Wildman–Crippen LogP) is 2.94. The predicted molar refractivity (Wildman–Crippen MR) is 83.2 cm³/mol. The Balaban J connectivity index is 1.87. The lowest BCUT2D eigenvalue weighted by atomic mass is 10.1. The van der Waals surface area contributed by atoms with Crippen LogP contribution in [-0.4, -0.2) is 27.4 Å². The lowest BCUT2D eigenvalue weighted by Crippen LogP contribution is -1.96. The number of hydrogen-bond acceptors (Lipinski definition) is 4. The van der Waals surface area contributed by atoms with Gasteiger partial charge in [-0.3, -0.25) is 4.79 Å². The smallest absolute Gasteiger partial charge is 0.186 e. The number of ether oxygens (including phenoxy) is 1. The van der Waals surface area contributed by atoms with Crippen LogP contribution in [0.1, 0.15) is 16.1 Å². The molecule has 0 saturated heterocycles. The number of rotatable bonds is 4. The zero-order valence-corrected chi connectivity index (χ0v) is 11.9. The Hall–Kier alpha value is -3.08. The van der Waals surface area contributed by atoms with E-state index in [4.69, 9.17) is 4.74 Å². The molecule has 0 aliphatic heterocycles. The van der Waals surface area contributed by atoms with Gasteiger partial charge in [-0.15, -0.1) is 0 Å². The van der Waals surface area contributed by atoms with Crippen molar-refractivity contribution in [2.24, 2.45) is 0 Å². The van der Waals surface area contributed by atoms with Crippen LogP contribution in [-0.2, 0) is 0 Å². The molecule has 0 atom stereocenters. The van der Waals surface area contributed by atoms with Gasteiger partial charge >= 0.3 is 0 Å². The van der Waals surface area contributed by atoms with E-state index in [1.165, 1.54) is 25.3 Å². The van der Waals surface area contributed by atoms with Crippen LogP contribution in [0.4, 0.5) is 0 Å². The average molecular weight is 294 g/mol. The van der Waals surface area contributed by atoms with Gasteiger partial charge in [0, 0.05) is 11.8 Å². The summed E-state index contributed by atoms with van der Waals surface area (Å²) in [7, 11) is 1.44. The highest BCUT2D eigenvalue weighted by molar-refractivity contribution is 6.07. The van der Waals surface area contributed by atoms with Crippen LogP contribution in [0.2, 0.25) is 0 Å². The fourth-order valence-electron chi connectivity index (χ4n) is 2.16. The average Bonchev–Trinajstić information content (AvgIpc) is 2.96. The number of benzene rings is 1. The third kappa shape index (κ3) is 2.56. The van der Waals surface area contributed by atoms with Gasteiger partial charge in [-0.05, 0) is 42.5 Å². The summed E-state index contributed by atoms with van der Waals surface area (Å²) in [5.74, 6) is 0.100. The number of allylic oxidation sites excluding steroid dienone is 1. The van der Waals surface area contributed by atoms with Gasteiger partial charge in [0.15, 0.2) is 17.3 Å². The first-order valence-corrected chi connectivity index (χ1v) is 6.70. The Kier molecular flexibility index (Phi) is 3.62. The van der Waals surface area contributed by atoms with Gasteiger partial charge in [0.05, 0.1) is 19.0 Å². The third-order valence-electron chi connectivity index (χ3n) is 3.32. The standard InChI is InChI=1S/C17H14N2O3/c1-22-16-10-12(5-7-15(16)21)14(20)8-6-13-11-18-17-4-2-3-9-19(13)17/h2-11,21H,1H3/b8-6-. The molecule has 1 aromatic carbocycles. The molecule has 22 heavy (non-hydrogen) atoms. The van der Waals surface area contributed by atoms with Crippen LogP contribution in [0.5, 0.6) is 11.5 Å². The van der Waals surface area contributed by atoms with Crippen molar-refractivity contribution in [1.29, 1.82) is 0 Å². The van der Waals surface area contributed by atoms with Crippen molar-refractivity contribution in [3.8, 4) is 11.5 Å². The van der Waals surface area contributed by atoms with Crippen molar-refractivity contribution in [1.82, 2.24) is 9.38 Å². The van der Waals surface area contributed by atoms with E-state index in [1.54, 1.807) is 18.3 Å². The molecular weight excluding hydrogens is 280 g/mol. The lowest BCUT2D eigenvalue weighted by molar-refractivity contribution is 0.104. The number of carbonyl (C=O) groups excluding carboxylic acids is 1. The molecule has 1 N–H and O–H groups in total. The molecule has 0 aliphatic rings. The van der Waals surface area contributed by atoms with Gasteiger partial charge < -0.3 is 14.2 Å². The molecule has 2 heterocycles. The lowest BCUT2D eigenvalue weighted by Gasteiger charge is -2.04. The molecule has 0 unspecified atom stereocenters. The Bertz CT molecular complexity index is 865. The largest absolute Gasteiger partial charge is 0.504 e. The van der Waals surface area contributed by atoms with Gasteiger partial charge in [-0.25, -0.2) is 4.98 Å². The Morgan fingerprint density at radius 1 is 1.32 bits per heavy atom. The summed E-state index contributed by atoms with van der Waals surface area (Å²) < 4.78 is 6.89. The van der Waals surface area contributed by atoms with E-state index >= 15 is 0 Å². The van der Waals surface area contributed by atoms with Gasteiger partial charge in [0.1, 0.15) is 5.65 Å². The van der Waals surface area contributed by atoms with Gasteiger partial charge in [-0.2, -0.15) is 0 Å². The molecule has 2 aromatic heterocycles. The molecule has 5 heteroatoms. The molecule has 0 spiro atoms. The number of aromatic hydroxyl groups is 1. The van der Waals surface area contributed by atoms with E-state index in [1.807, 2.05) is 28.8 Å². The normalized spacial score (nSPS) is 11.1. The summed E-state index contributed by atoms with van der Waals surface area (Å²) >= 11 is 0. The molecule has 0 saturated carbocycles. The molecule has 3 rings (SSSR count). The molecule has 5 nitrogen and oxygen atoms in total. The number of phenols is 1. The molecular formula is C17H14N2O3. The molecule has 0 amide bonds. The second-order valence-electron chi connectivity index (χ2n) is 4.70. The second kappa shape index (κ2) is 5.73. The Morgan fingerprint density at radius 3 is 3.00 bits per heavy atom. The van der Waals surface area contributed by atoms with E-state index in [2.05, 4.69) is 4.98 Å². The number of hydrogen-bond donors (Lipinski definition) is 1. The number of carbonyl (C=O) groups is 1. The summed E-state index contributed by atoms with van der Waals surface area (Å²) in [6, 6.07) is 10.2. The maximum Gasteiger partial charge on any atom is 0.186 e. The number of phenolic OH excluding ortho intramolecular Hbond substituents is 1. The topological polar surface area (TPSA) is 63.8 Å². The quantitative estimate of drug-likeness (QED) is 0.593. The first kappa shape index (κ1) is 13.9. The summed E-state index contributed by atoms with van der Waals surface area (Å²) in [5, 5.41) is 9.55. The fraction of sp³-hybridized carbons (Fsp3) is 0.0588. The number of ketones is 1. The van der Waals surface area contributed by atoms with Gasteiger partial charge in [0.25, 0.3) is 0 Å². The summed E-state index contributed by atoms with van der Waals surface area (Å²) in [6.07, 6.45) is 6.77. The van der Waals surface area contributed by atoms with Crippen molar-refractivity contribution >= 4 is 17.5 Å². The molecule has 3 aromatic rings. The molecule has 0 aliphatic carbocycles. The summed E-state index contributed by atoms with van der Waals surface area (Å²) in [6.45, 7) is 0. The minimum atomic E-state index is -0.177. The van der Waals surface area contributed by atoms with Crippen molar-refractivity contribution in [3.63, 3.8) is 0 Å². The van der Waals surface area contributed by atoms with Crippen molar-refractivity contribution in [2.75, 3.05) is 7.11 Å². The highest BCUT2D eigenvalue weighted by Gasteiger charge is 2.07. The van der Waals surface area contributed by atoms with E-state index in [-0.39, 0.29) is 17.3 Å². The first-order valence-electron chi connectivity index (χ1n) is 6.70. The highest BCUT2D eigenvalue weighted by Crippen LogP contribution is 2.26. The maximum absolute atomic E-state index is 12.2. The number of methoxy groups -OCH3 is 1. The van der Waals surface area contributed by atoms with E-state index in [9.17, 15) is 9.90 Å². The van der Waals surface area contributed by atoms with E-state index in [0.29, 0.717) is 5.56 Å². The third-order valence-corrected chi connectivity index (χ3v) is 3.32. The Labute approximate surface area is 127 Å². The van der Waals surface area contributed by atoms with Crippen molar-refractivity contribution < 1.29 is 14.6 Å². The summed E-state index contributed by atoms with van der Waals surface area (Å²) in [5.41, 5.74) is 2.08. The van der Waals surface area contributed by atoms with Crippen LogP contribution in [0.25, 0.3) is 11.7 Å². The zero-order chi connectivity index (χ0) is 15.5. The fourth-order valence-corrected chi connectivity index (χ4v) is 2.16. The number of fused-ring (bicyclic) bond motifs is 1. The van der Waals surface area contributed by atoms with Crippen LogP contribution in [0.3, 0.4) is 0 Å². The maximum atomic E-state index is 12.2. The van der Waals surface area contributed by atoms with Crippen LogP contribution in [0, 0.1) is 0 Å². The molecule has 0 fully saturated rings. The zero-order valence-electron chi connectivity index (χ0n) is 11.9. The Morgan fingerprint density at radius 2 is 2.18 bits per heavy atom. The number of aromatic nitrogens is 2. The number of pyridine rings is 1. The highest BCUT2D eigenvalue weighted by atomic mass is 16.5. The minimum absolute atomic E-state index is 0.00446. The minimum Gasteiger partial charge on any atom is -0.504 e. The molecule has 110 valence electrons. The van der Waals surface area contributed by atoms with Crippen molar-refractivity contribution in [3.05, 3.63) is 66.1 Å². The number of nitrogens with zero attached hydrogens (tertiary/aromatic N) is 2. The van der Waals surface area contributed by atoms with Crippen LogP contribution in [0.15, 0.2) is 54.9 Å². The SMILES string of the molecule is COc1cc(C(=O)/C=C\c2cnc3ccccn23)ccc1O. The monoisotopic (exact) mass is 294 g/mol. The van der Waals surface area contributed by atoms with Gasteiger partial charge in [0.2, 0.25) is 0 Å². The molecule has 0 bridgehead atoms. The first-order chi connectivity index (χ1) is 10.7. The van der Waals surface area contributed by atoms with Crippen molar-refractivity contribution in [2.45, 2.75) is 0 Å². The van der Waals surface area contributed by atoms with E-state index < -0.39 is 0 Å². The summed E-state index contributed by atoms with van der Waals surface area (Å²) in [4.78, 5) is 16.5. The van der Waals surface area contributed by atoms with E-state index in [0.717, 1.165) is 11.3 Å².